The lowest BCUT2D eigenvalue weighted by Gasteiger charge is -2.43. The largest absolute Gasteiger partial charge is 0.454 e. The topological polar surface area (TPSA) is 19.6 Å². The maximum Gasteiger partial charge on any atom is 0.252 e. The molecule has 8 aromatic carbocycles. The molecule has 9 aromatic rings. The summed E-state index contributed by atoms with van der Waals surface area (Å²) in [5, 5.41) is 2.26. The molecule has 0 atom stereocenters. The van der Waals surface area contributed by atoms with E-state index in [1.807, 2.05) is 6.07 Å². The number of para-hydroxylation sites is 4. The first kappa shape index (κ1) is 30.7. The minimum atomic E-state index is -0.0369. The van der Waals surface area contributed by atoms with Gasteiger partial charge < -0.3 is 14.2 Å². The first-order chi connectivity index (χ1) is 27.1. The highest BCUT2D eigenvalue weighted by molar-refractivity contribution is 7.00. The molecule has 0 unspecified atom stereocenters. The molecular formula is C51H35BN2O. The van der Waals surface area contributed by atoms with E-state index in [1.54, 1.807) is 0 Å². The van der Waals surface area contributed by atoms with Crippen molar-refractivity contribution in [1.29, 1.82) is 0 Å². The zero-order valence-electron chi connectivity index (χ0n) is 30.6. The average molecular weight is 703 g/mol. The first-order valence-corrected chi connectivity index (χ1v) is 19.2. The molecule has 0 fully saturated rings. The van der Waals surface area contributed by atoms with Gasteiger partial charge in [-0.3, -0.25) is 0 Å². The van der Waals surface area contributed by atoms with Crippen LogP contribution in [0.3, 0.4) is 0 Å². The van der Waals surface area contributed by atoms with Crippen LogP contribution in [0.1, 0.15) is 25.0 Å². The monoisotopic (exact) mass is 702 g/mol. The second-order valence-electron chi connectivity index (χ2n) is 15.7. The molecule has 4 heteroatoms. The van der Waals surface area contributed by atoms with E-state index in [0.29, 0.717) is 0 Å². The van der Waals surface area contributed by atoms with Crippen LogP contribution in [0.2, 0.25) is 0 Å². The molecule has 0 saturated carbocycles. The lowest BCUT2D eigenvalue weighted by Crippen LogP contribution is -2.61. The molecule has 3 nitrogen and oxygen atoms in total. The number of fused-ring (bicyclic) bond motifs is 10. The summed E-state index contributed by atoms with van der Waals surface area (Å²) in [6, 6.07) is 64.6. The normalized spacial score (nSPS) is 14.4. The third kappa shape index (κ3) is 4.17. The van der Waals surface area contributed by atoms with Gasteiger partial charge in [0.1, 0.15) is 5.58 Å². The van der Waals surface area contributed by atoms with Crippen molar-refractivity contribution in [2.24, 2.45) is 0 Å². The molecule has 1 aliphatic carbocycles. The minimum absolute atomic E-state index is 0.0369. The van der Waals surface area contributed by atoms with Gasteiger partial charge in [0, 0.05) is 44.6 Å². The third-order valence-electron chi connectivity index (χ3n) is 12.5. The fraction of sp³-hybridized carbons (Fsp3) is 0.0588. The predicted molar refractivity (Wildman–Crippen MR) is 231 cm³/mol. The van der Waals surface area contributed by atoms with Gasteiger partial charge in [0.05, 0.1) is 5.69 Å². The Kier molecular flexibility index (Phi) is 6.20. The van der Waals surface area contributed by atoms with Crippen molar-refractivity contribution in [3.63, 3.8) is 0 Å². The molecule has 0 radical (unpaired) electrons. The smallest absolute Gasteiger partial charge is 0.252 e. The molecule has 2 aliphatic heterocycles. The zero-order valence-corrected chi connectivity index (χ0v) is 30.6. The number of rotatable bonds is 3. The Labute approximate surface area is 320 Å². The first-order valence-electron chi connectivity index (χ1n) is 19.2. The molecule has 0 amide bonds. The van der Waals surface area contributed by atoms with Gasteiger partial charge in [-0.15, -0.1) is 0 Å². The van der Waals surface area contributed by atoms with Crippen LogP contribution in [-0.2, 0) is 5.41 Å². The summed E-state index contributed by atoms with van der Waals surface area (Å²) in [5.41, 5.74) is 20.6. The lowest BCUT2D eigenvalue weighted by molar-refractivity contribution is 0.660. The van der Waals surface area contributed by atoms with Crippen LogP contribution in [-0.4, -0.2) is 6.71 Å². The van der Waals surface area contributed by atoms with Crippen LogP contribution in [0.15, 0.2) is 180 Å². The van der Waals surface area contributed by atoms with Crippen molar-refractivity contribution in [1.82, 2.24) is 0 Å². The molecule has 258 valence electrons. The molecule has 1 aromatic heterocycles. The van der Waals surface area contributed by atoms with Gasteiger partial charge >= 0.3 is 0 Å². The second-order valence-corrected chi connectivity index (χ2v) is 15.7. The fourth-order valence-electron chi connectivity index (χ4n) is 9.97. The summed E-state index contributed by atoms with van der Waals surface area (Å²) in [6.45, 7) is 4.78. The highest BCUT2D eigenvalue weighted by atomic mass is 16.3. The standard InChI is InChI=1S/C51H35BN2O/c1-51(2)39-16-5-3-13-35(39)36-30-27-33(31-40(36)51)32-25-28-34(29-26-32)53-43-19-8-6-17-41(43)52-42-18-7-9-20-44(42)54(46-22-12-21-45(53)49(46)52)47-23-11-15-38-37-14-4-10-24-48(37)55-50(38)47/h3-31H,1-2H3. The third-order valence-corrected chi connectivity index (χ3v) is 12.5. The number of hydrogen-bond acceptors (Lipinski definition) is 3. The Balaban J connectivity index is 1.02. The van der Waals surface area contributed by atoms with Gasteiger partial charge in [-0.2, -0.15) is 0 Å². The molecule has 0 spiro atoms. The summed E-state index contributed by atoms with van der Waals surface area (Å²) in [7, 11) is 0. The summed E-state index contributed by atoms with van der Waals surface area (Å²) < 4.78 is 6.66. The van der Waals surface area contributed by atoms with E-state index >= 15 is 0 Å². The van der Waals surface area contributed by atoms with Crippen LogP contribution < -0.4 is 26.2 Å². The van der Waals surface area contributed by atoms with E-state index in [4.69, 9.17) is 4.42 Å². The van der Waals surface area contributed by atoms with E-state index < -0.39 is 0 Å². The molecule has 55 heavy (non-hydrogen) atoms. The van der Waals surface area contributed by atoms with Crippen molar-refractivity contribution in [2.45, 2.75) is 19.3 Å². The van der Waals surface area contributed by atoms with E-state index in [2.05, 4.69) is 194 Å². The summed E-state index contributed by atoms with van der Waals surface area (Å²) in [4.78, 5) is 4.89. The van der Waals surface area contributed by atoms with Gasteiger partial charge in [-0.1, -0.05) is 135 Å². The minimum Gasteiger partial charge on any atom is -0.454 e. The second kappa shape index (κ2) is 11.1. The Morgan fingerprint density at radius 2 is 1.04 bits per heavy atom. The molecule has 12 rings (SSSR count). The fourth-order valence-corrected chi connectivity index (χ4v) is 9.97. The van der Waals surface area contributed by atoms with Crippen molar-refractivity contribution in [3.05, 3.63) is 187 Å². The number of anilines is 6. The Morgan fingerprint density at radius 1 is 0.455 bits per heavy atom. The van der Waals surface area contributed by atoms with Crippen LogP contribution in [0.5, 0.6) is 0 Å². The van der Waals surface area contributed by atoms with E-state index in [1.165, 1.54) is 72.5 Å². The maximum absolute atomic E-state index is 6.66. The molecule has 3 heterocycles. The number of hydrogen-bond donors (Lipinski definition) is 0. The molecule has 0 saturated heterocycles. The van der Waals surface area contributed by atoms with Crippen molar-refractivity contribution in [2.75, 3.05) is 9.80 Å². The average Bonchev–Trinajstić information content (AvgIpc) is 3.73. The Hall–Kier alpha value is -6.78. The van der Waals surface area contributed by atoms with E-state index in [0.717, 1.165) is 33.3 Å². The molecule has 0 bridgehead atoms. The number of furan rings is 1. The van der Waals surface area contributed by atoms with Crippen molar-refractivity contribution in [3.8, 4) is 22.3 Å². The van der Waals surface area contributed by atoms with Gasteiger partial charge in [-0.25, -0.2) is 0 Å². The van der Waals surface area contributed by atoms with Gasteiger partial charge in [0.2, 0.25) is 0 Å². The molecule has 0 N–H and O–H groups in total. The van der Waals surface area contributed by atoms with Crippen LogP contribution in [0.25, 0.3) is 44.2 Å². The number of benzene rings is 8. The van der Waals surface area contributed by atoms with E-state index in [9.17, 15) is 0 Å². The quantitative estimate of drug-likeness (QED) is 0.171. The maximum atomic E-state index is 6.66. The molecular weight excluding hydrogens is 667 g/mol. The summed E-state index contributed by atoms with van der Waals surface area (Å²) in [6.07, 6.45) is 0. The SMILES string of the molecule is CC1(C)c2ccccc2-c2ccc(-c3ccc(N4c5ccccc5B5c6ccccc6N(c6cccc7c6oc6ccccc67)c6cccc4c65)cc3)cc21. The Morgan fingerprint density at radius 3 is 1.85 bits per heavy atom. The predicted octanol–water partition coefficient (Wildman–Crippen LogP) is 11.6. The highest BCUT2D eigenvalue weighted by Crippen LogP contribution is 2.50. The highest BCUT2D eigenvalue weighted by Gasteiger charge is 2.43. The number of nitrogens with zero attached hydrogens (tertiary/aromatic N) is 2. The zero-order chi connectivity index (χ0) is 36.4. The Bertz CT molecular complexity index is 3050. The van der Waals surface area contributed by atoms with E-state index in [-0.39, 0.29) is 12.1 Å². The van der Waals surface area contributed by atoms with Gasteiger partial charge in [0.25, 0.3) is 6.71 Å². The van der Waals surface area contributed by atoms with Gasteiger partial charge in [-0.05, 0) is 104 Å². The van der Waals surface area contributed by atoms with Crippen molar-refractivity contribution < 1.29 is 4.42 Å². The summed E-state index contributed by atoms with van der Waals surface area (Å²) >= 11 is 0. The van der Waals surface area contributed by atoms with Gasteiger partial charge in [0.15, 0.2) is 5.58 Å². The molecule has 3 aliphatic rings. The lowest BCUT2D eigenvalue weighted by atomic mass is 9.33. The van der Waals surface area contributed by atoms with Crippen molar-refractivity contribution >= 4 is 79.2 Å². The van der Waals surface area contributed by atoms with Crippen LogP contribution >= 0.6 is 0 Å². The van der Waals surface area contributed by atoms with Crippen LogP contribution in [0.4, 0.5) is 34.1 Å². The van der Waals surface area contributed by atoms with Crippen LogP contribution in [0, 0.1) is 0 Å². The summed E-state index contributed by atoms with van der Waals surface area (Å²) in [5.74, 6) is 0.